The van der Waals surface area contributed by atoms with Crippen molar-refractivity contribution in [3.05, 3.63) is 59.7 Å². The molecule has 1 N–H and O–H groups in total. The molecule has 0 unspecified atom stereocenters. The molecule has 0 aromatic heterocycles. The summed E-state index contributed by atoms with van der Waals surface area (Å²) < 4.78 is 42.5. The third-order valence-corrected chi connectivity index (χ3v) is 3.55. The van der Waals surface area contributed by atoms with E-state index in [4.69, 9.17) is 14.2 Å². The molecule has 0 aliphatic carbocycles. The molecule has 1 amide bonds. The van der Waals surface area contributed by atoms with Gasteiger partial charge < -0.3 is 19.5 Å². The van der Waals surface area contributed by atoms with Crippen molar-refractivity contribution in [3.8, 4) is 11.5 Å². The number of esters is 1. The first-order chi connectivity index (χ1) is 13.0. The number of anilines is 1. The van der Waals surface area contributed by atoms with Crippen LogP contribution < -0.4 is 14.8 Å². The van der Waals surface area contributed by atoms with Crippen LogP contribution in [0, 0.1) is 11.6 Å². The fourth-order valence-corrected chi connectivity index (χ4v) is 2.31. The first-order valence-corrected chi connectivity index (χ1v) is 8.01. The number of carbonyl (C=O) groups is 2. The fraction of sp³-hybridized carbons (Fsp3) is 0.158. The van der Waals surface area contributed by atoms with Crippen molar-refractivity contribution in [2.24, 2.45) is 0 Å². The van der Waals surface area contributed by atoms with Crippen LogP contribution in [-0.4, -0.2) is 31.7 Å². The molecule has 2 aromatic rings. The van der Waals surface area contributed by atoms with E-state index in [1.165, 1.54) is 12.1 Å². The highest BCUT2D eigenvalue weighted by atomic mass is 19.1. The number of fused-ring (bicyclic) bond motifs is 1. The van der Waals surface area contributed by atoms with Gasteiger partial charge in [0.15, 0.2) is 18.1 Å². The minimum Gasteiger partial charge on any atom is -0.486 e. The Morgan fingerprint density at radius 3 is 2.52 bits per heavy atom. The van der Waals surface area contributed by atoms with Crippen molar-refractivity contribution in [2.75, 3.05) is 25.1 Å². The van der Waals surface area contributed by atoms with Gasteiger partial charge in [-0.3, -0.25) is 4.79 Å². The summed E-state index contributed by atoms with van der Waals surface area (Å²) in [5.74, 6) is -2.29. The van der Waals surface area contributed by atoms with Crippen molar-refractivity contribution in [3.63, 3.8) is 0 Å². The number of ether oxygens (including phenoxy) is 3. The van der Waals surface area contributed by atoms with Gasteiger partial charge in [-0.1, -0.05) is 12.1 Å². The summed E-state index contributed by atoms with van der Waals surface area (Å²) in [6, 6.07) is 8.32. The molecular weight excluding hydrogens is 360 g/mol. The normalized spacial score (nSPS) is 12.7. The molecule has 0 atom stereocenters. The molecule has 0 saturated heterocycles. The number of hydrogen-bond donors (Lipinski definition) is 1. The third kappa shape index (κ3) is 4.81. The van der Waals surface area contributed by atoms with Crippen LogP contribution >= 0.6 is 0 Å². The van der Waals surface area contributed by atoms with Crippen LogP contribution in [0.4, 0.5) is 14.5 Å². The summed E-state index contributed by atoms with van der Waals surface area (Å²) in [5.41, 5.74) is 0.0828. The van der Waals surface area contributed by atoms with Crippen LogP contribution in [0.1, 0.15) is 5.56 Å². The summed E-state index contributed by atoms with van der Waals surface area (Å²) in [4.78, 5) is 23.4. The zero-order chi connectivity index (χ0) is 19.2. The van der Waals surface area contributed by atoms with Gasteiger partial charge in [0.1, 0.15) is 30.5 Å². The molecular formula is C19H15F2NO5. The zero-order valence-corrected chi connectivity index (χ0v) is 14.0. The predicted octanol–water partition coefficient (Wildman–Crippen LogP) is 2.93. The highest BCUT2D eigenvalue weighted by molar-refractivity contribution is 5.94. The topological polar surface area (TPSA) is 73.9 Å². The molecule has 1 aliphatic rings. The molecule has 0 bridgehead atoms. The zero-order valence-electron chi connectivity index (χ0n) is 14.0. The second-order valence-corrected chi connectivity index (χ2v) is 5.49. The molecule has 27 heavy (non-hydrogen) atoms. The van der Waals surface area contributed by atoms with Crippen LogP contribution in [0.2, 0.25) is 0 Å². The molecule has 1 heterocycles. The number of carbonyl (C=O) groups excluding carboxylic acids is 2. The molecule has 8 heteroatoms. The van der Waals surface area contributed by atoms with Gasteiger partial charge in [-0.2, -0.15) is 0 Å². The van der Waals surface area contributed by atoms with E-state index < -0.39 is 35.8 Å². The van der Waals surface area contributed by atoms with E-state index in [-0.39, 0.29) is 0 Å². The van der Waals surface area contributed by atoms with Crippen molar-refractivity contribution < 1.29 is 32.6 Å². The van der Waals surface area contributed by atoms with Gasteiger partial charge in [-0.15, -0.1) is 0 Å². The molecule has 0 radical (unpaired) electrons. The lowest BCUT2D eigenvalue weighted by molar-refractivity contribution is -0.142. The first-order valence-electron chi connectivity index (χ1n) is 8.01. The van der Waals surface area contributed by atoms with Crippen molar-refractivity contribution in [1.82, 2.24) is 0 Å². The number of hydrogen-bond acceptors (Lipinski definition) is 5. The van der Waals surface area contributed by atoms with Crippen LogP contribution in [-0.2, 0) is 14.3 Å². The van der Waals surface area contributed by atoms with Gasteiger partial charge in [0.25, 0.3) is 5.91 Å². The molecule has 140 valence electrons. The second kappa shape index (κ2) is 8.31. The minimum atomic E-state index is -0.923. The maximum absolute atomic E-state index is 13.4. The Labute approximate surface area is 153 Å². The molecule has 6 nitrogen and oxygen atoms in total. The van der Waals surface area contributed by atoms with Gasteiger partial charge in [-0.25, -0.2) is 13.6 Å². The highest BCUT2D eigenvalue weighted by Gasteiger charge is 2.13. The van der Waals surface area contributed by atoms with Crippen LogP contribution in [0.15, 0.2) is 42.5 Å². The van der Waals surface area contributed by atoms with E-state index in [0.29, 0.717) is 30.3 Å². The number of rotatable bonds is 5. The fourth-order valence-electron chi connectivity index (χ4n) is 2.31. The highest BCUT2D eigenvalue weighted by Crippen LogP contribution is 2.31. The predicted molar refractivity (Wildman–Crippen MR) is 92.4 cm³/mol. The van der Waals surface area contributed by atoms with Crippen molar-refractivity contribution in [2.45, 2.75) is 0 Å². The summed E-state index contributed by atoms with van der Waals surface area (Å²) >= 11 is 0. The van der Waals surface area contributed by atoms with Crippen LogP contribution in [0.5, 0.6) is 11.5 Å². The minimum absolute atomic E-state index is 0.444. The Hall–Kier alpha value is -3.42. The van der Waals surface area contributed by atoms with Crippen molar-refractivity contribution in [1.29, 1.82) is 0 Å². The molecule has 3 rings (SSSR count). The third-order valence-electron chi connectivity index (χ3n) is 3.55. The Morgan fingerprint density at radius 1 is 1.07 bits per heavy atom. The van der Waals surface area contributed by atoms with Crippen LogP contribution in [0.3, 0.4) is 0 Å². The number of nitrogens with one attached hydrogen (secondary N) is 1. The first kappa shape index (κ1) is 18.4. The summed E-state index contributed by atoms with van der Waals surface area (Å²) in [5, 5.41) is 2.02. The lowest BCUT2D eigenvalue weighted by Gasteiger charge is -2.18. The SMILES string of the molecule is O=C(COC(=O)/C=C/c1ccc2c(c1)OCCO2)Nc1c(F)cccc1F. The average molecular weight is 375 g/mol. The van der Waals surface area contributed by atoms with Gasteiger partial charge >= 0.3 is 5.97 Å². The number of para-hydroxylation sites is 1. The second-order valence-electron chi connectivity index (χ2n) is 5.49. The van der Waals surface area contributed by atoms with E-state index >= 15 is 0 Å². The quantitative estimate of drug-likeness (QED) is 0.643. The van der Waals surface area contributed by atoms with E-state index in [2.05, 4.69) is 0 Å². The summed E-state index contributed by atoms with van der Waals surface area (Å²) in [7, 11) is 0. The van der Waals surface area contributed by atoms with Crippen molar-refractivity contribution >= 4 is 23.6 Å². The largest absolute Gasteiger partial charge is 0.486 e. The standard InChI is InChI=1S/C19H15F2NO5/c20-13-2-1-3-14(21)19(13)22-17(23)11-27-18(24)7-5-12-4-6-15-16(10-12)26-9-8-25-15/h1-7,10H,8-9,11H2,(H,22,23)/b7-5+. The smallest absolute Gasteiger partial charge is 0.331 e. The molecule has 0 saturated carbocycles. The number of benzene rings is 2. The van der Waals surface area contributed by atoms with Crippen LogP contribution in [0.25, 0.3) is 6.08 Å². The summed E-state index contributed by atoms with van der Waals surface area (Å²) in [6.07, 6.45) is 2.61. The van der Waals surface area contributed by atoms with Gasteiger partial charge in [0, 0.05) is 6.08 Å². The number of amides is 1. The van der Waals surface area contributed by atoms with Gasteiger partial charge in [-0.05, 0) is 35.9 Å². The monoisotopic (exact) mass is 375 g/mol. The average Bonchev–Trinajstić information content (AvgIpc) is 2.67. The molecule has 2 aromatic carbocycles. The van der Waals surface area contributed by atoms with E-state index in [1.54, 1.807) is 18.2 Å². The maximum atomic E-state index is 13.4. The van der Waals surface area contributed by atoms with E-state index in [0.717, 1.165) is 18.2 Å². The molecule has 1 aliphatic heterocycles. The maximum Gasteiger partial charge on any atom is 0.331 e. The molecule has 0 fully saturated rings. The van der Waals surface area contributed by atoms with E-state index in [1.807, 2.05) is 5.32 Å². The Kier molecular flexibility index (Phi) is 5.65. The Balaban J connectivity index is 1.52. The van der Waals surface area contributed by atoms with E-state index in [9.17, 15) is 18.4 Å². The Bertz CT molecular complexity index is 877. The number of halogens is 2. The lowest BCUT2D eigenvalue weighted by atomic mass is 10.2. The van der Waals surface area contributed by atoms with Gasteiger partial charge in [0.2, 0.25) is 0 Å². The molecule has 0 spiro atoms. The Morgan fingerprint density at radius 2 is 1.78 bits per heavy atom. The van der Waals surface area contributed by atoms with Gasteiger partial charge in [0.05, 0.1) is 0 Å². The lowest BCUT2D eigenvalue weighted by Crippen LogP contribution is -2.21. The summed E-state index contributed by atoms with van der Waals surface area (Å²) in [6.45, 7) is 0.241.